The largest absolute Gasteiger partial charge is 0.314 e. The molecule has 0 amide bonds. The van der Waals surface area contributed by atoms with Crippen molar-refractivity contribution >= 4 is 68.1 Å². The number of allylic oxidation sites excluding steroid dienone is 5. The summed E-state index contributed by atoms with van der Waals surface area (Å²) < 4.78 is 0. The molecule has 12 rings (SSSR count). The van der Waals surface area contributed by atoms with Gasteiger partial charge in [-0.15, -0.1) is 0 Å². The van der Waals surface area contributed by atoms with Crippen LogP contribution in [0.1, 0.15) is 34.2 Å². The van der Waals surface area contributed by atoms with Crippen molar-refractivity contribution in [2.24, 2.45) is 0 Å². The van der Waals surface area contributed by atoms with Gasteiger partial charge in [0.2, 0.25) is 0 Å². The van der Waals surface area contributed by atoms with Gasteiger partial charge in [-0.3, -0.25) is 0 Å². The van der Waals surface area contributed by atoms with Gasteiger partial charge in [0, 0.05) is 74.7 Å². The first-order valence-electron chi connectivity index (χ1n) is 27.9. The summed E-state index contributed by atoms with van der Waals surface area (Å²) in [5.41, 5.74) is 25.4. The van der Waals surface area contributed by atoms with Crippen LogP contribution in [0.4, 0.5) is 62.6 Å². The van der Waals surface area contributed by atoms with Crippen LogP contribution < -0.4 is 19.6 Å². The first kappa shape index (κ1) is 51.6. The molecule has 11 aromatic rings. The molecule has 11 aromatic carbocycles. The molecule has 81 heavy (non-hydrogen) atoms. The van der Waals surface area contributed by atoms with Gasteiger partial charge in [0.1, 0.15) is 0 Å². The van der Waals surface area contributed by atoms with Crippen molar-refractivity contribution < 1.29 is 0 Å². The molecule has 0 saturated heterocycles. The van der Waals surface area contributed by atoms with E-state index in [1.165, 1.54) is 44.6 Å². The maximum absolute atomic E-state index is 2.38. The molecular formula is C77H64N4. The number of para-hydroxylation sites is 2. The number of aryl methyl sites for hydroxylation is 4. The third kappa shape index (κ3) is 11.5. The molecule has 0 spiro atoms. The minimum Gasteiger partial charge on any atom is -0.314 e. The minimum absolute atomic E-state index is 0.774. The zero-order chi connectivity index (χ0) is 55.1. The molecule has 0 atom stereocenters. The molecule has 0 bridgehead atoms. The summed E-state index contributed by atoms with van der Waals surface area (Å²) in [6, 6.07) is 101. The summed E-state index contributed by atoms with van der Waals surface area (Å²) in [5, 5.41) is 0. The Morgan fingerprint density at radius 3 is 0.840 bits per heavy atom. The van der Waals surface area contributed by atoms with E-state index in [0.717, 1.165) is 85.7 Å². The number of anilines is 11. The monoisotopic (exact) mass is 1040 g/mol. The quantitative estimate of drug-likeness (QED) is 0.101. The van der Waals surface area contributed by atoms with Crippen LogP contribution in [0.2, 0.25) is 0 Å². The van der Waals surface area contributed by atoms with Crippen LogP contribution in [0, 0.1) is 27.7 Å². The summed E-state index contributed by atoms with van der Waals surface area (Å²) in [7, 11) is 0. The van der Waals surface area contributed by atoms with Gasteiger partial charge in [0.05, 0.1) is 0 Å². The van der Waals surface area contributed by atoms with Crippen LogP contribution >= 0.6 is 0 Å². The van der Waals surface area contributed by atoms with Crippen molar-refractivity contribution in [1.82, 2.24) is 0 Å². The fraction of sp³-hybridized carbons (Fsp3) is 0.0649. The lowest BCUT2D eigenvalue weighted by atomic mass is 10.0. The van der Waals surface area contributed by atoms with Crippen molar-refractivity contribution in [3.8, 4) is 22.3 Å². The van der Waals surface area contributed by atoms with E-state index in [2.05, 4.69) is 351 Å². The first-order chi connectivity index (χ1) is 39.8. The van der Waals surface area contributed by atoms with Crippen LogP contribution in [-0.2, 0) is 0 Å². The highest BCUT2D eigenvalue weighted by molar-refractivity contribution is 5.85. The minimum atomic E-state index is 0.774. The predicted octanol–water partition coefficient (Wildman–Crippen LogP) is 21.7. The molecule has 0 saturated carbocycles. The average molecular weight is 1050 g/mol. The van der Waals surface area contributed by atoms with Crippen molar-refractivity contribution in [2.45, 2.75) is 34.1 Å². The van der Waals surface area contributed by atoms with E-state index in [-0.39, 0.29) is 0 Å². The van der Waals surface area contributed by atoms with Gasteiger partial charge in [-0.2, -0.15) is 0 Å². The van der Waals surface area contributed by atoms with E-state index in [1.807, 2.05) is 0 Å². The molecule has 0 N–H and O–H groups in total. The molecule has 0 aromatic heterocycles. The Morgan fingerprint density at radius 1 is 0.235 bits per heavy atom. The van der Waals surface area contributed by atoms with Crippen LogP contribution in [0.5, 0.6) is 0 Å². The van der Waals surface area contributed by atoms with Crippen LogP contribution in [0.25, 0.3) is 27.8 Å². The lowest BCUT2D eigenvalue weighted by Crippen LogP contribution is -2.15. The van der Waals surface area contributed by atoms with E-state index in [9.17, 15) is 0 Å². The van der Waals surface area contributed by atoms with Crippen molar-refractivity contribution in [3.05, 3.63) is 337 Å². The number of hydrogen-bond acceptors (Lipinski definition) is 4. The van der Waals surface area contributed by atoms with Crippen LogP contribution in [-0.4, -0.2) is 0 Å². The van der Waals surface area contributed by atoms with E-state index >= 15 is 0 Å². The molecule has 1 aliphatic rings. The number of rotatable bonds is 15. The second-order valence-electron chi connectivity index (χ2n) is 21.0. The van der Waals surface area contributed by atoms with Gasteiger partial charge in [-0.1, -0.05) is 164 Å². The summed E-state index contributed by atoms with van der Waals surface area (Å²) in [4.78, 5) is 9.38. The normalized spacial score (nSPS) is 12.0. The fourth-order valence-electron chi connectivity index (χ4n) is 11.0. The van der Waals surface area contributed by atoms with Crippen molar-refractivity contribution in [2.75, 3.05) is 19.6 Å². The highest BCUT2D eigenvalue weighted by Crippen LogP contribution is 2.41. The molecule has 4 heteroatoms. The maximum Gasteiger partial charge on any atom is 0.0464 e. The fourth-order valence-corrected chi connectivity index (χ4v) is 11.0. The molecular weight excluding hydrogens is 981 g/mol. The third-order valence-electron chi connectivity index (χ3n) is 15.1. The Labute approximate surface area is 478 Å². The standard InChI is InChI=1S/C77H64N4/c1-56-16-11-26-74(52-56)80(75-27-12-17-57(2)53-75)72-48-37-64(38-49-72)62-33-44-69(45-34-62)78(66-21-7-5-8-22-66)68-25-15-20-60(30-41-68)61-31-42-70(43-32-61)79(67-23-9-6-10-24-67)71-46-35-63(36-47-71)65-39-50-73(51-40-65)81(76-28-13-18-58(3)54-76)77-29-14-19-59(4)55-77/h5-24,26-55H,25H2,1-4H3. The Kier molecular flexibility index (Phi) is 14.9. The summed E-state index contributed by atoms with van der Waals surface area (Å²) in [6.07, 6.45) is 9.87. The van der Waals surface area contributed by atoms with E-state index in [4.69, 9.17) is 0 Å². The van der Waals surface area contributed by atoms with Crippen LogP contribution in [0.3, 0.4) is 0 Å². The molecule has 0 radical (unpaired) electrons. The van der Waals surface area contributed by atoms with Gasteiger partial charge in [0.25, 0.3) is 0 Å². The molecule has 392 valence electrons. The molecule has 0 heterocycles. The topological polar surface area (TPSA) is 13.0 Å². The van der Waals surface area contributed by atoms with Gasteiger partial charge < -0.3 is 19.6 Å². The highest BCUT2D eigenvalue weighted by atomic mass is 15.2. The van der Waals surface area contributed by atoms with Gasteiger partial charge in [-0.25, -0.2) is 0 Å². The predicted molar refractivity (Wildman–Crippen MR) is 345 cm³/mol. The molecule has 0 aliphatic heterocycles. The molecule has 1 aliphatic carbocycles. The molecule has 0 unspecified atom stereocenters. The second-order valence-corrected chi connectivity index (χ2v) is 21.0. The van der Waals surface area contributed by atoms with E-state index in [0.29, 0.717) is 0 Å². The van der Waals surface area contributed by atoms with Crippen molar-refractivity contribution in [3.63, 3.8) is 0 Å². The third-order valence-corrected chi connectivity index (χ3v) is 15.1. The molecule has 0 fully saturated rings. The van der Waals surface area contributed by atoms with Gasteiger partial charge in [-0.05, 0) is 223 Å². The number of nitrogens with zero attached hydrogens (tertiary/aromatic N) is 4. The van der Waals surface area contributed by atoms with Crippen molar-refractivity contribution in [1.29, 1.82) is 0 Å². The lowest BCUT2D eigenvalue weighted by molar-refractivity contribution is 1.08. The summed E-state index contributed by atoms with van der Waals surface area (Å²) >= 11 is 0. The smallest absolute Gasteiger partial charge is 0.0464 e. The summed E-state index contributed by atoms with van der Waals surface area (Å²) in [6.45, 7) is 8.59. The zero-order valence-corrected chi connectivity index (χ0v) is 46.4. The van der Waals surface area contributed by atoms with Gasteiger partial charge in [0.15, 0.2) is 0 Å². The summed E-state index contributed by atoms with van der Waals surface area (Å²) in [5.74, 6) is 0. The highest BCUT2D eigenvalue weighted by Gasteiger charge is 2.19. The Morgan fingerprint density at radius 2 is 0.506 bits per heavy atom. The van der Waals surface area contributed by atoms with Gasteiger partial charge >= 0.3 is 0 Å². The Balaban J connectivity index is 0.782. The first-order valence-corrected chi connectivity index (χ1v) is 27.9. The van der Waals surface area contributed by atoms with E-state index < -0.39 is 0 Å². The number of hydrogen-bond donors (Lipinski definition) is 0. The number of benzene rings is 11. The SMILES string of the molecule is Cc1cccc(N(c2ccc(-c3ccc(N(C4=CC=C(c5ccc(N(c6ccccc6)c6ccc(-c7ccc(N(c8cccc(C)c8)c8cccc(C)c8)cc7)cc6)cc5)C=CC4)c4ccccc4)cc3)cc2)c2cccc(C)c2)c1. The van der Waals surface area contributed by atoms with E-state index in [1.54, 1.807) is 0 Å². The van der Waals surface area contributed by atoms with Crippen LogP contribution in [0.15, 0.2) is 309 Å². The maximum atomic E-state index is 2.38. The lowest BCUT2D eigenvalue weighted by Gasteiger charge is -2.27. The second kappa shape index (κ2) is 23.4. The Bertz CT molecular complexity index is 3940. The molecule has 4 nitrogen and oxygen atoms in total. The zero-order valence-electron chi connectivity index (χ0n) is 46.4. The average Bonchev–Trinajstić information content (AvgIpc) is 3.76. The Hall–Kier alpha value is -10.2.